The lowest BCUT2D eigenvalue weighted by atomic mass is 10.0. The van der Waals surface area contributed by atoms with Gasteiger partial charge in [0.15, 0.2) is 0 Å². The number of aromatic nitrogens is 1. The molecule has 1 heterocycles. The second kappa shape index (κ2) is 6.82. The van der Waals surface area contributed by atoms with Gasteiger partial charge in [0, 0.05) is 27.8 Å². The van der Waals surface area contributed by atoms with Crippen molar-refractivity contribution in [3.8, 4) is 5.69 Å². The summed E-state index contributed by atoms with van der Waals surface area (Å²) in [6, 6.07) is 30.3. The zero-order valence-electron chi connectivity index (χ0n) is 17.0. The number of nitrogens with one attached hydrogen (secondary N) is 1. The summed E-state index contributed by atoms with van der Waals surface area (Å²) in [7, 11) is 0. The maximum atomic E-state index is 3.75. The van der Waals surface area contributed by atoms with E-state index in [1.54, 1.807) is 0 Å². The fourth-order valence-electron chi connectivity index (χ4n) is 4.49. The third kappa shape index (κ3) is 2.89. The molecule has 0 spiro atoms. The Morgan fingerprint density at radius 1 is 0.655 bits per heavy atom. The van der Waals surface area contributed by atoms with Crippen molar-refractivity contribution in [2.24, 2.45) is 0 Å². The summed E-state index contributed by atoms with van der Waals surface area (Å²) < 4.78 is 2.35. The van der Waals surface area contributed by atoms with Gasteiger partial charge in [0.05, 0.1) is 11.0 Å². The van der Waals surface area contributed by atoms with Crippen LogP contribution in [0.3, 0.4) is 0 Å². The number of fused-ring (bicyclic) bond motifs is 3. The number of nitrogens with zero attached hydrogens (tertiary/aromatic N) is 1. The van der Waals surface area contributed by atoms with Crippen molar-refractivity contribution < 1.29 is 0 Å². The van der Waals surface area contributed by atoms with Crippen molar-refractivity contribution >= 4 is 33.2 Å². The van der Waals surface area contributed by atoms with Gasteiger partial charge < -0.3 is 9.88 Å². The summed E-state index contributed by atoms with van der Waals surface area (Å²) in [5.41, 5.74) is 9.79. The summed E-state index contributed by atoms with van der Waals surface area (Å²) in [4.78, 5) is 0. The third-order valence-corrected chi connectivity index (χ3v) is 5.65. The number of benzene rings is 4. The van der Waals surface area contributed by atoms with Gasteiger partial charge in [0.1, 0.15) is 0 Å². The number of aryl methyl sites for hydroxylation is 3. The molecule has 29 heavy (non-hydrogen) atoms. The van der Waals surface area contributed by atoms with Crippen molar-refractivity contribution in [2.75, 3.05) is 5.32 Å². The Labute approximate surface area is 171 Å². The molecule has 0 amide bonds. The lowest BCUT2D eigenvalue weighted by Crippen LogP contribution is -1.98. The van der Waals surface area contributed by atoms with E-state index in [0.717, 1.165) is 5.69 Å². The van der Waals surface area contributed by atoms with Crippen LogP contribution < -0.4 is 5.32 Å². The van der Waals surface area contributed by atoms with Gasteiger partial charge in [-0.15, -0.1) is 0 Å². The quantitative estimate of drug-likeness (QED) is 0.346. The van der Waals surface area contributed by atoms with Crippen LogP contribution in [-0.2, 0) is 0 Å². The SMILES string of the molecule is Cc1cc(C)c(Nc2cccc3c2c2ccccc2n3-c2ccccc2)c(C)c1. The molecule has 5 aromatic rings. The Morgan fingerprint density at radius 3 is 2.07 bits per heavy atom. The minimum Gasteiger partial charge on any atom is -0.355 e. The highest BCUT2D eigenvalue weighted by Crippen LogP contribution is 2.38. The predicted octanol–water partition coefficient (Wildman–Crippen LogP) is 7.45. The fourth-order valence-corrected chi connectivity index (χ4v) is 4.49. The number of hydrogen-bond acceptors (Lipinski definition) is 1. The van der Waals surface area contributed by atoms with E-state index in [-0.39, 0.29) is 0 Å². The van der Waals surface area contributed by atoms with Gasteiger partial charge in [-0.3, -0.25) is 0 Å². The molecule has 0 unspecified atom stereocenters. The van der Waals surface area contributed by atoms with E-state index in [1.165, 1.54) is 49.9 Å². The van der Waals surface area contributed by atoms with E-state index < -0.39 is 0 Å². The minimum absolute atomic E-state index is 1.14. The monoisotopic (exact) mass is 376 g/mol. The molecule has 0 radical (unpaired) electrons. The molecule has 0 aliphatic heterocycles. The first-order valence-corrected chi connectivity index (χ1v) is 10.1. The molecule has 1 N–H and O–H groups in total. The van der Waals surface area contributed by atoms with Gasteiger partial charge in [0.25, 0.3) is 0 Å². The molecule has 0 bridgehead atoms. The second-order valence-electron chi connectivity index (χ2n) is 7.79. The smallest absolute Gasteiger partial charge is 0.0562 e. The van der Waals surface area contributed by atoms with Gasteiger partial charge in [-0.1, -0.05) is 60.2 Å². The Morgan fingerprint density at radius 2 is 1.31 bits per heavy atom. The predicted molar refractivity (Wildman–Crippen MR) is 125 cm³/mol. The molecular formula is C27H24N2. The molecular weight excluding hydrogens is 352 g/mol. The maximum Gasteiger partial charge on any atom is 0.0562 e. The van der Waals surface area contributed by atoms with Crippen LogP contribution in [0.4, 0.5) is 11.4 Å². The van der Waals surface area contributed by atoms with Crippen molar-refractivity contribution in [2.45, 2.75) is 20.8 Å². The Balaban J connectivity index is 1.80. The van der Waals surface area contributed by atoms with E-state index in [9.17, 15) is 0 Å². The molecule has 1 aromatic heterocycles. The van der Waals surface area contributed by atoms with Crippen molar-refractivity contribution in [3.63, 3.8) is 0 Å². The summed E-state index contributed by atoms with van der Waals surface area (Å²) in [6.45, 7) is 6.50. The fraction of sp³-hybridized carbons (Fsp3) is 0.111. The van der Waals surface area contributed by atoms with Crippen LogP contribution in [0.25, 0.3) is 27.5 Å². The molecule has 2 heteroatoms. The van der Waals surface area contributed by atoms with Crippen molar-refractivity contribution in [3.05, 3.63) is 102 Å². The summed E-state index contributed by atoms with van der Waals surface area (Å²) >= 11 is 0. The van der Waals surface area contributed by atoms with Gasteiger partial charge >= 0.3 is 0 Å². The lowest BCUT2D eigenvalue weighted by molar-refractivity contribution is 1.18. The molecule has 0 saturated heterocycles. The Kier molecular flexibility index (Phi) is 4.13. The normalized spacial score (nSPS) is 11.3. The van der Waals surface area contributed by atoms with Crippen LogP contribution in [0.1, 0.15) is 16.7 Å². The van der Waals surface area contributed by atoms with Crippen molar-refractivity contribution in [1.82, 2.24) is 4.57 Å². The van der Waals surface area contributed by atoms with Crippen LogP contribution in [0, 0.1) is 20.8 Å². The molecule has 0 aliphatic carbocycles. The standard InChI is InChI=1S/C27H24N2/c1-18-16-19(2)27(20(3)17-18)28-23-13-9-15-25-26(23)22-12-7-8-14-24(22)29(25)21-10-5-4-6-11-21/h4-17,28H,1-3H3. The summed E-state index contributed by atoms with van der Waals surface area (Å²) in [5, 5.41) is 6.27. The third-order valence-electron chi connectivity index (χ3n) is 5.65. The van der Waals surface area contributed by atoms with E-state index in [4.69, 9.17) is 0 Å². The topological polar surface area (TPSA) is 17.0 Å². The number of hydrogen-bond donors (Lipinski definition) is 1. The highest BCUT2D eigenvalue weighted by molar-refractivity contribution is 6.15. The van der Waals surface area contributed by atoms with Gasteiger partial charge in [-0.25, -0.2) is 0 Å². The van der Waals surface area contributed by atoms with Crippen LogP contribution in [0.2, 0.25) is 0 Å². The molecule has 0 aliphatic rings. The number of rotatable bonds is 3. The zero-order chi connectivity index (χ0) is 20.0. The molecule has 0 atom stereocenters. The molecule has 0 saturated carbocycles. The molecule has 4 aromatic carbocycles. The summed E-state index contributed by atoms with van der Waals surface area (Å²) in [5.74, 6) is 0. The highest BCUT2D eigenvalue weighted by atomic mass is 15.0. The van der Waals surface area contributed by atoms with Crippen LogP contribution in [0.5, 0.6) is 0 Å². The molecule has 0 fully saturated rings. The van der Waals surface area contributed by atoms with Gasteiger partial charge in [0.2, 0.25) is 0 Å². The Hall–Kier alpha value is -3.52. The highest BCUT2D eigenvalue weighted by Gasteiger charge is 2.15. The number of para-hydroxylation sites is 2. The lowest BCUT2D eigenvalue weighted by Gasteiger charge is -2.15. The van der Waals surface area contributed by atoms with Gasteiger partial charge in [-0.05, 0) is 62.2 Å². The zero-order valence-corrected chi connectivity index (χ0v) is 17.0. The maximum absolute atomic E-state index is 3.75. The first-order valence-electron chi connectivity index (χ1n) is 10.1. The minimum atomic E-state index is 1.14. The van der Waals surface area contributed by atoms with Crippen LogP contribution in [-0.4, -0.2) is 4.57 Å². The van der Waals surface area contributed by atoms with Gasteiger partial charge in [-0.2, -0.15) is 0 Å². The van der Waals surface area contributed by atoms with E-state index >= 15 is 0 Å². The first-order chi connectivity index (χ1) is 14.1. The van der Waals surface area contributed by atoms with E-state index in [1.807, 2.05) is 0 Å². The van der Waals surface area contributed by atoms with Crippen LogP contribution in [0.15, 0.2) is 84.9 Å². The largest absolute Gasteiger partial charge is 0.355 e. The summed E-state index contributed by atoms with van der Waals surface area (Å²) in [6.07, 6.45) is 0. The molecule has 5 rings (SSSR count). The number of anilines is 2. The van der Waals surface area contributed by atoms with E-state index in [2.05, 4.69) is 116 Å². The van der Waals surface area contributed by atoms with E-state index in [0.29, 0.717) is 0 Å². The average Bonchev–Trinajstić information content (AvgIpc) is 3.06. The molecule has 2 nitrogen and oxygen atoms in total. The average molecular weight is 377 g/mol. The molecule has 142 valence electrons. The van der Waals surface area contributed by atoms with Crippen LogP contribution >= 0.6 is 0 Å². The second-order valence-corrected chi connectivity index (χ2v) is 7.79. The Bertz CT molecular complexity index is 1320. The van der Waals surface area contributed by atoms with Crippen molar-refractivity contribution in [1.29, 1.82) is 0 Å². The first kappa shape index (κ1) is 17.6.